The third-order valence-electron chi connectivity index (χ3n) is 5.41. The number of aromatic nitrogens is 2. The summed E-state index contributed by atoms with van der Waals surface area (Å²) in [4.78, 5) is 19.4. The topological polar surface area (TPSA) is 58.1 Å². The fraction of sp³-hybridized carbons (Fsp3) is 0.591. The lowest BCUT2D eigenvalue weighted by molar-refractivity contribution is -0.125. The Morgan fingerprint density at radius 3 is 2.64 bits per heavy atom. The quantitative estimate of drug-likeness (QED) is 0.636. The van der Waals surface area contributed by atoms with E-state index >= 15 is 0 Å². The predicted molar refractivity (Wildman–Crippen MR) is 116 cm³/mol. The predicted octanol–water partition coefficient (Wildman–Crippen LogP) is 4.35. The Kier molecular flexibility index (Phi) is 7.83. The minimum atomic E-state index is 0.141. The highest BCUT2D eigenvalue weighted by atomic mass is 32.1. The Labute approximate surface area is 172 Å². The van der Waals surface area contributed by atoms with Crippen molar-refractivity contribution in [3.63, 3.8) is 0 Å². The van der Waals surface area contributed by atoms with Gasteiger partial charge in [0.2, 0.25) is 11.0 Å². The van der Waals surface area contributed by atoms with Crippen LogP contribution in [0.4, 0.5) is 5.13 Å². The Bertz CT molecular complexity index is 735. The molecule has 1 aliphatic rings. The van der Waals surface area contributed by atoms with Gasteiger partial charge in [-0.05, 0) is 31.7 Å². The Balaban J connectivity index is 1.43. The van der Waals surface area contributed by atoms with Gasteiger partial charge < -0.3 is 10.2 Å². The van der Waals surface area contributed by atoms with Crippen LogP contribution >= 0.6 is 11.5 Å². The maximum absolute atomic E-state index is 12.4. The molecule has 28 heavy (non-hydrogen) atoms. The van der Waals surface area contributed by atoms with Gasteiger partial charge in [-0.15, -0.1) is 0 Å². The number of piperidine rings is 1. The van der Waals surface area contributed by atoms with Gasteiger partial charge in [0, 0.05) is 43.5 Å². The number of anilines is 1. The van der Waals surface area contributed by atoms with E-state index in [4.69, 9.17) is 4.98 Å². The summed E-state index contributed by atoms with van der Waals surface area (Å²) < 4.78 is 4.54. The summed E-state index contributed by atoms with van der Waals surface area (Å²) in [5.41, 5.74) is 2.51. The summed E-state index contributed by atoms with van der Waals surface area (Å²) in [7, 11) is 0. The minimum Gasteiger partial charge on any atom is -0.356 e. The van der Waals surface area contributed by atoms with E-state index < -0.39 is 0 Å². The molecular formula is C22H32N4OS. The number of amides is 1. The number of carbonyl (C=O) groups excluding carboxylic acids is 1. The maximum Gasteiger partial charge on any atom is 0.223 e. The first-order valence-corrected chi connectivity index (χ1v) is 11.3. The molecule has 0 saturated carbocycles. The number of nitrogens with zero attached hydrogens (tertiary/aromatic N) is 3. The second kappa shape index (κ2) is 10.6. The molecule has 0 bridgehead atoms. The van der Waals surface area contributed by atoms with Gasteiger partial charge >= 0.3 is 0 Å². The fourth-order valence-corrected chi connectivity index (χ4v) is 4.31. The van der Waals surface area contributed by atoms with Gasteiger partial charge in [-0.3, -0.25) is 4.79 Å². The van der Waals surface area contributed by atoms with Gasteiger partial charge in [-0.1, -0.05) is 56.0 Å². The van der Waals surface area contributed by atoms with Crippen LogP contribution in [0.5, 0.6) is 0 Å². The molecule has 1 aromatic heterocycles. The highest BCUT2D eigenvalue weighted by Crippen LogP contribution is 2.25. The van der Waals surface area contributed by atoms with Crippen LogP contribution in [0.15, 0.2) is 24.3 Å². The molecule has 1 saturated heterocycles. The number of unbranched alkanes of at least 4 members (excludes halogenated alkanes) is 3. The number of rotatable bonds is 9. The summed E-state index contributed by atoms with van der Waals surface area (Å²) in [5, 5.41) is 4.11. The van der Waals surface area contributed by atoms with Crippen molar-refractivity contribution < 1.29 is 4.79 Å². The molecule has 152 valence electrons. The first kappa shape index (κ1) is 20.8. The second-order valence-corrected chi connectivity index (χ2v) is 8.50. The van der Waals surface area contributed by atoms with Crippen LogP contribution in [-0.2, 0) is 11.2 Å². The Morgan fingerprint density at radius 1 is 1.18 bits per heavy atom. The molecule has 1 N–H and O–H groups in total. The van der Waals surface area contributed by atoms with Crippen molar-refractivity contribution in [1.29, 1.82) is 0 Å². The van der Waals surface area contributed by atoms with Crippen LogP contribution in [0.25, 0.3) is 0 Å². The molecule has 0 aliphatic carbocycles. The highest BCUT2D eigenvalue weighted by molar-refractivity contribution is 7.09. The van der Waals surface area contributed by atoms with Crippen LogP contribution in [0, 0.1) is 12.8 Å². The molecule has 2 aromatic rings. The van der Waals surface area contributed by atoms with E-state index in [9.17, 15) is 4.79 Å². The highest BCUT2D eigenvalue weighted by Gasteiger charge is 2.26. The van der Waals surface area contributed by atoms with E-state index in [0.717, 1.165) is 56.3 Å². The number of hydrogen-bond donors (Lipinski definition) is 1. The molecule has 0 radical (unpaired) electrons. The summed E-state index contributed by atoms with van der Waals surface area (Å²) in [6.45, 7) is 6.88. The number of aryl methyl sites for hydroxylation is 1. The largest absolute Gasteiger partial charge is 0.356 e. The van der Waals surface area contributed by atoms with Crippen molar-refractivity contribution >= 4 is 22.6 Å². The number of nitrogens with one attached hydrogen (secondary N) is 1. The molecule has 1 aromatic carbocycles. The van der Waals surface area contributed by atoms with Crippen LogP contribution in [0.1, 0.15) is 62.4 Å². The zero-order valence-corrected chi connectivity index (χ0v) is 17.9. The molecule has 1 amide bonds. The lowest BCUT2D eigenvalue weighted by Gasteiger charge is -2.30. The van der Waals surface area contributed by atoms with Crippen molar-refractivity contribution in [2.24, 2.45) is 5.92 Å². The van der Waals surface area contributed by atoms with E-state index in [1.807, 2.05) is 0 Å². The zero-order chi connectivity index (χ0) is 19.8. The Hall–Kier alpha value is -1.95. The number of benzene rings is 1. The molecule has 0 unspecified atom stereocenters. The summed E-state index contributed by atoms with van der Waals surface area (Å²) in [6.07, 6.45) is 7.34. The van der Waals surface area contributed by atoms with E-state index in [1.165, 1.54) is 41.9 Å². The Morgan fingerprint density at radius 2 is 1.93 bits per heavy atom. The van der Waals surface area contributed by atoms with Crippen LogP contribution in [0.3, 0.4) is 0 Å². The van der Waals surface area contributed by atoms with Gasteiger partial charge in [-0.25, -0.2) is 4.98 Å². The lowest BCUT2D eigenvalue weighted by atomic mass is 9.96. The summed E-state index contributed by atoms with van der Waals surface area (Å²) in [6, 6.07) is 8.54. The van der Waals surface area contributed by atoms with Crippen molar-refractivity contribution in [3.05, 3.63) is 41.2 Å². The first-order valence-electron chi connectivity index (χ1n) is 10.6. The average Bonchev–Trinajstić information content (AvgIpc) is 3.18. The van der Waals surface area contributed by atoms with Crippen molar-refractivity contribution in [3.8, 4) is 0 Å². The molecule has 5 nitrogen and oxygen atoms in total. The zero-order valence-electron chi connectivity index (χ0n) is 17.1. The van der Waals surface area contributed by atoms with Gasteiger partial charge in [-0.2, -0.15) is 4.37 Å². The lowest BCUT2D eigenvalue weighted by Crippen LogP contribution is -2.40. The molecule has 1 aliphatic heterocycles. The smallest absolute Gasteiger partial charge is 0.223 e. The molecule has 6 heteroatoms. The third-order valence-corrected chi connectivity index (χ3v) is 6.22. The van der Waals surface area contributed by atoms with Crippen molar-refractivity contribution in [2.45, 2.75) is 58.8 Å². The SMILES string of the molecule is CCCCCCNC(=O)C1CCN(c2nc(Cc3ccc(C)cc3)ns2)CC1. The molecule has 3 rings (SSSR count). The number of hydrogen-bond acceptors (Lipinski definition) is 5. The van der Waals surface area contributed by atoms with E-state index in [0.29, 0.717) is 0 Å². The molecule has 0 atom stereocenters. The molecule has 2 heterocycles. The first-order chi connectivity index (χ1) is 13.7. The van der Waals surface area contributed by atoms with Crippen molar-refractivity contribution in [2.75, 3.05) is 24.5 Å². The van der Waals surface area contributed by atoms with Crippen LogP contribution in [-0.4, -0.2) is 34.9 Å². The molecule has 0 spiro atoms. The maximum atomic E-state index is 12.4. The summed E-state index contributed by atoms with van der Waals surface area (Å²) in [5.74, 6) is 1.26. The van der Waals surface area contributed by atoms with E-state index in [-0.39, 0.29) is 11.8 Å². The summed E-state index contributed by atoms with van der Waals surface area (Å²) >= 11 is 1.47. The standard InChI is InChI=1S/C22H32N4OS/c1-3-4-5-6-13-23-21(27)19-11-14-26(15-12-19)22-24-20(25-28-22)16-18-9-7-17(2)8-10-18/h7-10,19H,3-6,11-16H2,1-2H3,(H,23,27). The van der Waals surface area contributed by atoms with Gasteiger partial charge in [0.15, 0.2) is 0 Å². The normalized spacial score (nSPS) is 15.0. The van der Waals surface area contributed by atoms with E-state index in [1.54, 1.807) is 0 Å². The third kappa shape index (κ3) is 6.03. The van der Waals surface area contributed by atoms with Crippen LogP contribution in [0.2, 0.25) is 0 Å². The monoisotopic (exact) mass is 400 g/mol. The second-order valence-electron chi connectivity index (χ2n) is 7.77. The van der Waals surface area contributed by atoms with Crippen LogP contribution < -0.4 is 10.2 Å². The molecule has 1 fully saturated rings. The average molecular weight is 401 g/mol. The van der Waals surface area contributed by atoms with Gasteiger partial charge in [0.05, 0.1) is 0 Å². The van der Waals surface area contributed by atoms with Gasteiger partial charge in [0.1, 0.15) is 5.82 Å². The van der Waals surface area contributed by atoms with Gasteiger partial charge in [0.25, 0.3) is 0 Å². The van der Waals surface area contributed by atoms with Crippen molar-refractivity contribution in [1.82, 2.24) is 14.7 Å². The fourth-order valence-electron chi connectivity index (χ4n) is 3.57. The molecular weight excluding hydrogens is 368 g/mol. The van der Waals surface area contributed by atoms with E-state index in [2.05, 4.69) is 52.7 Å². The minimum absolute atomic E-state index is 0.141. The number of carbonyl (C=O) groups is 1.